The van der Waals surface area contributed by atoms with E-state index in [2.05, 4.69) is 26.6 Å². The van der Waals surface area contributed by atoms with Crippen molar-refractivity contribution >= 4 is 48.9 Å². The maximum absolute atomic E-state index is 13.6. The van der Waals surface area contributed by atoms with E-state index in [0.29, 0.717) is 36.9 Å². The van der Waals surface area contributed by atoms with Gasteiger partial charge in [0, 0.05) is 37.6 Å². The minimum Gasteiger partial charge on any atom is -0.379 e. The van der Waals surface area contributed by atoms with Gasteiger partial charge in [-0.25, -0.2) is 13.4 Å². The number of benzene rings is 2. The third-order valence-corrected chi connectivity index (χ3v) is 10.6. The number of allylic oxidation sites excluding steroid dienone is 1. The summed E-state index contributed by atoms with van der Waals surface area (Å²) in [5, 5.41) is 10.7. The van der Waals surface area contributed by atoms with Crippen LogP contribution in [-0.4, -0.2) is 61.7 Å². The highest BCUT2D eigenvalue weighted by molar-refractivity contribution is 7.89. The van der Waals surface area contributed by atoms with Crippen LogP contribution in [0.1, 0.15) is 34.8 Å². The van der Waals surface area contributed by atoms with Crippen molar-refractivity contribution in [2.75, 3.05) is 44.3 Å². The van der Waals surface area contributed by atoms with Crippen molar-refractivity contribution < 1.29 is 13.2 Å². The molecule has 6 rings (SSSR count). The maximum Gasteiger partial charge on any atom is 0.243 e. The van der Waals surface area contributed by atoms with Gasteiger partial charge in [0.15, 0.2) is 0 Å². The first-order valence-corrected chi connectivity index (χ1v) is 15.8. The minimum atomic E-state index is -3.66. The lowest BCUT2D eigenvalue weighted by molar-refractivity contribution is 0.0730. The fourth-order valence-electron chi connectivity index (χ4n) is 5.59. The SMILES string of the molecule is Cc1cc(C=C(C#N)c2nc3ccccc3s2)c(C)n1-c1cc(S(=O)(=O)N2CCOCC2)ccc1N1CCCC1. The van der Waals surface area contributed by atoms with Gasteiger partial charge in [0.05, 0.1) is 45.3 Å². The number of morpholine rings is 1. The van der Waals surface area contributed by atoms with E-state index < -0.39 is 10.0 Å². The van der Waals surface area contributed by atoms with Crippen LogP contribution in [0.5, 0.6) is 0 Å². The van der Waals surface area contributed by atoms with Crippen molar-refractivity contribution in [3.8, 4) is 11.8 Å². The van der Waals surface area contributed by atoms with Crippen LogP contribution in [0.4, 0.5) is 5.69 Å². The van der Waals surface area contributed by atoms with Crippen molar-refractivity contribution in [2.24, 2.45) is 0 Å². The summed E-state index contributed by atoms with van der Waals surface area (Å²) in [6.07, 6.45) is 4.11. The summed E-state index contributed by atoms with van der Waals surface area (Å²) in [4.78, 5) is 7.29. The van der Waals surface area contributed by atoms with E-state index in [1.165, 1.54) is 15.6 Å². The Kier molecular flexibility index (Phi) is 7.23. The molecule has 8 nitrogen and oxygen atoms in total. The fourth-order valence-corrected chi connectivity index (χ4v) is 7.95. The van der Waals surface area contributed by atoms with E-state index >= 15 is 0 Å². The average molecular weight is 574 g/mol. The van der Waals surface area contributed by atoms with Crippen molar-refractivity contribution in [3.05, 3.63) is 70.5 Å². The van der Waals surface area contributed by atoms with Gasteiger partial charge < -0.3 is 14.2 Å². The van der Waals surface area contributed by atoms with Gasteiger partial charge in [0.1, 0.15) is 11.1 Å². The molecule has 4 heterocycles. The number of para-hydroxylation sites is 1. The van der Waals surface area contributed by atoms with Gasteiger partial charge in [-0.2, -0.15) is 9.57 Å². The molecule has 0 radical (unpaired) electrons. The highest BCUT2D eigenvalue weighted by Gasteiger charge is 2.29. The molecule has 0 aliphatic carbocycles. The number of hydrogen-bond acceptors (Lipinski definition) is 7. The summed E-state index contributed by atoms with van der Waals surface area (Å²) in [6, 6.07) is 17.8. The average Bonchev–Trinajstić information content (AvgIpc) is 3.71. The van der Waals surface area contributed by atoms with Gasteiger partial charge in [-0.3, -0.25) is 0 Å². The normalized spacial score (nSPS) is 17.0. The Morgan fingerprint density at radius 3 is 2.50 bits per heavy atom. The molecule has 40 heavy (non-hydrogen) atoms. The Morgan fingerprint density at radius 2 is 1.77 bits per heavy atom. The second kappa shape index (κ2) is 10.8. The minimum absolute atomic E-state index is 0.282. The lowest BCUT2D eigenvalue weighted by atomic mass is 10.1. The molecule has 2 aliphatic rings. The van der Waals surface area contributed by atoms with E-state index in [1.54, 1.807) is 6.07 Å². The van der Waals surface area contributed by atoms with Crippen molar-refractivity contribution in [3.63, 3.8) is 0 Å². The topological polar surface area (TPSA) is 91.5 Å². The number of aromatic nitrogens is 2. The summed E-state index contributed by atoms with van der Waals surface area (Å²) in [5.74, 6) is 0. The highest BCUT2D eigenvalue weighted by Crippen LogP contribution is 2.35. The van der Waals surface area contributed by atoms with Gasteiger partial charge >= 0.3 is 0 Å². The first-order chi connectivity index (χ1) is 19.4. The molecule has 4 aromatic rings. The van der Waals surface area contributed by atoms with Crippen LogP contribution >= 0.6 is 11.3 Å². The molecule has 0 atom stereocenters. The van der Waals surface area contributed by atoms with Crippen molar-refractivity contribution in [2.45, 2.75) is 31.6 Å². The summed E-state index contributed by atoms with van der Waals surface area (Å²) in [7, 11) is -3.66. The second-order valence-corrected chi connectivity index (χ2v) is 13.1. The van der Waals surface area contributed by atoms with Crippen LogP contribution in [0.3, 0.4) is 0 Å². The Morgan fingerprint density at radius 1 is 1.02 bits per heavy atom. The first-order valence-electron chi connectivity index (χ1n) is 13.5. The summed E-state index contributed by atoms with van der Waals surface area (Å²) in [5.41, 5.74) is 6.04. The molecular formula is C30H31N5O3S2. The second-order valence-electron chi connectivity index (χ2n) is 10.2. The number of hydrogen-bond donors (Lipinski definition) is 0. The zero-order valence-corrected chi connectivity index (χ0v) is 24.3. The summed E-state index contributed by atoms with van der Waals surface area (Å²) >= 11 is 1.50. The first kappa shape index (κ1) is 26.7. The van der Waals surface area contributed by atoms with Gasteiger partial charge in [-0.05, 0) is 74.7 Å². The van der Waals surface area contributed by atoms with Crippen molar-refractivity contribution in [1.82, 2.24) is 13.9 Å². The summed E-state index contributed by atoms with van der Waals surface area (Å²) in [6.45, 7) is 7.41. The van der Waals surface area contributed by atoms with E-state index in [0.717, 1.165) is 64.5 Å². The highest BCUT2D eigenvalue weighted by atomic mass is 32.2. The number of aryl methyl sites for hydroxylation is 1. The predicted molar refractivity (Wildman–Crippen MR) is 159 cm³/mol. The number of rotatable bonds is 6. The van der Waals surface area contributed by atoms with E-state index in [-0.39, 0.29) is 4.90 Å². The van der Waals surface area contributed by atoms with Crippen LogP contribution in [0.25, 0.3) is 27.6 Å². The smallest absolute Gasteiger partial charge is 0.243 e. The van der Waals surface area contributed by atoms with Crippen LogP contribution < -0.4 is 4.90 Å². The van der Waals surface area contributed by atoms with Gasteiger partial charge in [0.25, 0.3) is 0 Å². The molecule has 2 aliphatic heterocycles. The number of anilines is 1. The molecule has 0 spiro atoms. The fraction of sp³-hybridized carbons (Fsp3) is 0.333. The number of thiazole rings is 1. The van der Waals surface area contributed by atoms with Gasteiger partial charge in [-0.15, -0.1) is 11.3 Å². The Hall–Kier alpha value is -3.49. The van der Waals surface area contributed by atoms with Gasteiger partial charge in [-0.1, -0.05) is 12.1 Å². The maximum atomic E-state index is 13.6. The zero-order valence-electron chi connectivity index (χ0n) is 22.6. The van der Waals surface area contributed by atoms with Crippen molar-refractivity contribution in [1.29, 1.82) is 5.26 Å². The third-order valence-electron chi connectivity index (χ3n) is 7.66. The molecule has 0 amide bonds. The standard InChI is InChI=1S/C30H31N5O3S2/c1-21-17-23(18-24(20-31)30-32-26-7-3-4-8-29(26)39-30)22(2)35(21)28-19-25(9-10-27(28)33-11-5-6-12-33)40(36,37)34-13-15-38-16-14-34/h3-4,7-10,17-19H,5-6,11-16H2,1-2H3. The van der Waals surface area contributed by atoms with Crippen LogP contribution in [0, 0.1) is 25.2 Å². The Balaban J connectivity index is 1.46. The van der Waals surface area contributed by atoms with Crippen LogP contribution in [-0.2, 0) is 14.8 Å². The molecule has 0 unspecified atom stereocenters. The van der Waals surface area contributed by atoms with Crippen LogP contribution in [0.15, 0.2) is 53.4 Å². The molecule has 206 valence electrons. The van der Waals surface area contributed by atoms with E-state index in [1.807, 2.05) is 56.3 Å². The van der Waals surface area contributed by atoms with Gasteiger partial charge in [0.2, 0.25) is 10.0 Å². The molecule has 0 saturated carbocycles. The Bertz CT molecular complexity index is 1720. The molecule has 2 saturated heterocycles. The quantitative estimate of drug-likeness (QED) is 0.287. The molecular weight excluding hydrogens is 542 g/mol. The monoisotopic (exact) mass is 573 g/mol. The predicted octanol–water partition coefficient (Wildman–Crippen LogP) is 5.39. The molecule has 2 fully saturated rings. The molecule has 2 aromatic carbocycles. The molecule has 2 aromatic heterocycles. The third kappa shape index (κ3) is 4.84. The van der Waals surface area contributed by atoms with E-state index in [4.69, 9.17) is 4.74 Å². The number of ether oxygens (including phenoxy) is 1. The van der Waals surface area contributed by atoms with E-state index in [9.17, 15) is 13.7 Å². The molecule has 0 N–H and O–H groups in total. The number of sulfonamides is 1. The lowest BCUT2D eigenvalue weighted by Crippen LogP contribution is -2.40. The van der Waals surface area contributed by atoms with Crippen LogP contribution in [0.2, 0.25) is 0 Å². The summed E-state index contributed by atoms with van der Waals surface area (Å²) < 4.78 is 37.2. The Labute approximate surface area is 238 Å². The number of nitriles is 1. The lowest BCUT2D eigenvalue weighted by Gasteiger charge is -2.28. The largest absolute Gasteiger partial charge is 0.379 e. The molecule has 10 heteroatoms. The number of fused-ring (bicyclic) bond motifs is 1. The zero-order chi connectivity index (χ0) is 27.9. The number of nitrogens with zero attached hydrogens (tertiary/aromatic N) is 5. The molecule has 0 bridgehead atoms.